The van der Waals surface area contributed by atoms with Crippen molar-refractivity contribution in [1.29, 1.82) is 0 Å². The van der Waals surface area contributed by atoms with Gasteiger partial charge in [0, 0.05) is 29.3 Å². The summed E-state index contributed by atoms with van der Waals surface area (Å²) in [5.74, 6) is 0. The van der Waals surface area contributed by atoms with Crippen LogP contribution in [0.25, 0.3) is 21.7 Å². The number of halogens is 1. The molecule has 3 rings (SSSR count). The fraction of sp³-hybridized carbons (Fsp3) is 0.429. The van der Waals surface area contributed by atoms with Crippen LogP contribution in [0.3, 0.4) is 0 Å². The van der Waals surface area contributed by atoms with E-state index in [0.717, 1.165) is 28.8 Å². The number of nitro benzene ring substituents is 1. The van der Waals surface area contributed by atoms with Gasteiger partial charge in [0.05, 0.1) is 15.5 Å². The zero-order valence-electron chi connectivity index (χ0n) is 21.3. The van der Waals surface area contributed by atoms with Crippen LogP contribution in [-0.2, 0) is 0 Å². The van der Waals surface area contributed by atoms with E-state index in [1.807, 2.05) is 12.1 Å². The first-order valence-corrected chi connectivity index (χ1v) is 14.2. The highest BCUT2D eigenvalue weighted by atomic mass is 35.5. The zero-order valence-corrected chi connectivity index (χ0v) is 22.9. The molecule has 0 bridgehead atoms. The average molecular weight is 543 g/mol. The second-order valence-electron chi connectivity index (χ2n) is 9.07. The Labute approximate surface area is 227 Å². The minimum atomic E-state index is -0.428. The van der Waals surface area contributed by atoms with Crippen molar-refractivity contribution in [1.82, 2.24) is 10.3 Å². The normalized spacial score (nSPS) is 10.9. The van der Waals surface area contributed by atoms with Gasteiger partial charge < -0.3 is 5.32 Å². The first-order valence-electron chi connectivity index (χ1n) is 13.0. The zero-order chi connectivity index (χ0) is 26.5. The van der Waals surface area contributed by atoms with E-state index in [1.165, 1.54) is 74.8 Å². The molecule has 7 nitrogen and oxygen atoms in total. The van der Waals surface area contributed by atoms with Crippen LogP contribution < -0.4 is 10.6 Å². The molecule has 2 aromatic carbocycles. The van der Waals surface area contributed by atoms with Crippen LogP contribution in [0.1, 0.15) is 71.1 Å². The molecule has 1 aromatic heterocycles. The number of amides is 2. The van der Waals surface area contributed by atoms with Crippen molar-refractivity contribution in [3.8, 4) is 21.7 Å². The van der Waals surface area contributed by atoms with E-state index >= 15 is 0 Å². The lowest BCUT2D eigenvalue weighted by atomic mass is 10.1. The molecule has 2 amide bonds. The number of anilines is 1. The second-order valence-corrected chi connectivity index (χ2v) is 10.5. The molecule has 0 saturated heterocycles. The molecule has 0 unspecified atom stereocenters. The van der Waals surface area contributed by atoms with Gasteiger partial charge in [-0.05, 0) is 36.2 Å². The number of urea groups is 1. The molecule has 2 N–H and O–H groups in total. The van der Waals surface area contributed by atoms with Crippen molar-refractivity contribution in [2.75, 3.05) is 11.9 Å². The number of non-ortho nitro benzene ring substituents is 1. The number of nitro groups is 1. The number of nitrogens with zero attached hydrogens (tertiary/aromatic N) is 2. The summed E-state index contributed by atoms with van der Waals surface area (Å²) in [7, 11) is 0. The van der Waals surface area contributed by atoms with Crippen molar-refractivity contribution in [3.63, 3.8) is 0 Å². The van der Waals surface area contributed by atoms with Crippen LogP contribution in [-0.4, -0.2) is 22.5 Å². The number of carbonyl (C=O) groups is 1. The Morgan fingerprint density at radius 3 is 2.05 bits per heavy atom. The lowest BCUT2D eigenvalue weighted by molar-refractivity contribution is -0.384. The summed E-state index contributed by atoms with van der Waals surface area (Å²) >= 11 is 7.38. The molecule has 0 fully saturated rings. The third kappa shape index (κ3) is 9.44. The molecule has 0 atom stereocenters. The smallest absolute Gasteiger partial charge is 0.321 e. The Bertz CT molecular complexity index is 1130. The molecule has 0 radical (unpaired) electrons. The van der Waals surface area contributed by atoms with Gasteiger partial charge in [0.1, 0.15) is 0 Å². The van der Waals surface area contributed by atoms with Crippen LogP contribution in [0.5, 0.6) is 0 Å². The van der Waals surface area contributed by atoms with Gasteiger partial charge in [0.25, 0.3) is 5.69 Å². The highest BCUT2D eigenvalue weighted by Crippen LogP contribution is 2.39. The van der Waals surface area contributed by atoms with Gasteiger partial charge in [-0.2, -0.15) is 0 Å². The molecule has 0 aliphatic rings. The summed E-state index contributed by atoms with van der Waals surface area (Å²) in [6.07, 6.45) is 12.5. The molecule has 198 valence electrons. The minimum Gasteiger partial charge on any atom is -0.338 e. The van der Waals surface area contributed by atoms with Gasteiger partial charge in [-0.25, -0.2) is 9.78 Å². The van der Waals surface area contributed by atoms with E-state index < -0.39 is 4.92 Å². The van der Waals surface area contributed by atoms with E-state index in [4.69, 9.17) is 11.6 Å². The highest BCUT2D eigenvalue weighted by Gasteiger charge is 2.17. The maximum atomic E-state index is 12.5. The van der Waals surface area contributed by atoms with E-state index in [2.05, 4.69) is 22.5 Å². The Morgan fingerprint density at radius 2 is 1.46 bits per heavy atom. The fourth-order valence-electron chi connectivity index (χ4n) is 4.06. The summed E-state index contributed by atoms with van der Waals surface area (Å²) in [6, 6.07) is 13.3. The summed E-state index contributed by atoms with van der Waals surface area (Å²) in [5.41, 5.74) is 2.33. The summed E-state index contributed by atoms with van der Waals surface area (Å²) in [4.78, 5) is 28.6. The number of unbranched alkanes of at least 4 members (excludes halogenated alkanes) is 9. The first-order chi connectivity index (χ1) is 18.0. The molecule has 0 spiro atoms. The molecule has 0 aliphatic heterocycles. The van der Waals surface area contributed by atoms with Gasteiger partial charge >= 0.3 is 6.03 Å². The summed E-state index contributed by atoms with van der Waals surface area (Å²) in [5, 5.41) is 17.9. The number of rotatable bonds is 15. The van der Waals surface area contributed by atoms with Crippen LogP contribution in [0.15, 0.2) is 48.5 Å². The average Bonchev–Trinajstić information content (AvgIpc) is 3.31. The van der Waals surface area contributed by atoms with Gasteiger partial charge in [-0.15, -0.1) is 0 Å². The third-order valence-electron chi connectivity index (χ3n) is 6.12. The maximum Gasteiger partial charge on any atom is 0.321 e. The molecular formula is C28H35ClN4O3S. The van der Waals surface area contributed by atoms with Crippen LogP contribution >= 0.6 is 22.9 Å². The lowest BCUT2D eigenvalue weighted by Gasteiger charge is -2.05. The molecule has 3 aromatic rings. The van der Waals surface area contributed by atoms with Crippen LogP contribution in [0.2, 0.25) is 5.02 Å². The predicted octanol–water partition coefficient (Wildman–Crippen LogP) is 9.08. The predicted molar refractivity (Wildman–Crippen MR) is 154 cm³/mol. The molecular weight excluding hydrogens is 508 g/mol. The van der Waals surface area contributed by atoms with Crippen LogP contribution in [0, 0.1) is 10.1 Å². The van der Waals surface area contributed by atoms with E-state index in [1.54, 1.807) is 24.3 Å². The molecule has 9 heteroatoms. The van der Waals surface area contributed by atoms with Crippen molar-refractivity contribution in [2.24, 2.45) is 0 Å². The van der Waals surface area contributed by atoms with E-state index in [-0.39, 0.29) is 11.7 Å². The van der Waals surface area contributed by atoms with Crippen molar-refractivity contribution in [2.45, 2.75) is 71.1 Å². The number of thiazole rings is 1. The third-order valence-corrected chi connectivity index (χ3v) is 7.39. The number of hydrogen-bond donors (Lipinski definition) is 2. The topological polar surface area (TPSA) is 97.2 Å². The lowest BCUT2D eigenvalue weighted by Crippen LogP contribution is -2.29. The van der Waals surface area contributed by atoms with Gasteiger partial charge in [0.2, 0.25) is 0 Å². The summed E-state index contributed by atoms with van der Waals surface area (Å²) < 4.78 is 0. The van der Waals surface area contributed by atoms with Crippen molar-refractivity contribution >= 4 is 39.8 Å². The number of carbonyl (C=O) groups excluding carboxylic acids is 1. The van der Waals surface area contributed by atoms with Gasteiger partial charge in [-0.1, -0.05) is 99.8 Å². The Morgan fingerprint density at radius 1 is 0.892 bits per heavy atom. The monoisotopic (exact) mass is 542 g/mol. The molecule has 0 aliphatic carbocycles. The Kier molecular flexibility index (Phi) is 11.8. The second kappa shape index (κ2) is 15.3. The SMILES string of the molecule is CCCCCCCCCCCCNC(=O)Nc1nc(-c2ccc(Cl)cc2)c(-c2ccc([N+](=O)[O-])cc2)s1. The Hall–Kier alpha value is -2.97. The molecule has 37 heavy (non-hydrogen) atoms. The fourth-order valence-corrected chi connectivity index (χ4v) is 5.18. The van der Waals surface area contributed by atoms with E-state index in [9.17, 15) is 14.9 Å². The largest absolute Gasteiger partial charge is 0.338 e. The number of nitrogens with one attached hydrogen (secondary N) is 2. The van der Waals surface area contributed by atoms with Crippen molar-refractivity contribution < 1.29 is 9.72 Å². The standard InChI is InChI=1S/C28H35ClN4O3S/c1-2-3-4-5-6-7-8-9-10-11-20-30-27(34)32-28-31-25(21-12-16-23(29)17-13-21)26(37-28)22-14-18-24(19-15-22)33(35)36/h12-19H,2-11,20H2,1H3,(H2,30,31,32,34). The summed E-state index contributed by atoms with van der Waals surface area (Å²) in [6.45, 7) is 2.86. The Balaban J connectivity index is 1.53. The minimum absolute atomic E-state index is 0.0195. The quantitative estimate of drug-likeness (QED) is 0.114. The molecule has 1 heterocycles. The first kappa shape index (κ1) is 28.6. The highest BCUT2D eigenvalue weighted by molar-refractivity contribution is 7.19. The van der Waals surface area contributed by atoms with Gasteiger partial charge in [-0.3, -0.25) is 15.4 Å². The maximum absolute atomic E-state index is 12.5. The van der Waals surface area contributed by atoms with Crippen LogP contribution in [0.4, 0.5) is 15.6 Å². The van der Waals surface area contributed by atoms with E-state index in [0.29, 0.717) is 22.4 Å². The molecule has 0 saturated carbocycles. The van der Waals surface area contributed by atoms with Gasteiger partial charge in [0.15, 0.2) is 5.13 Å². The number of hydrogen-bond acceptors (Lipinski definition) is 5. The number of benzene rings is 2. The number of aromatic nitrogens is 1. The van der Waals surface area contributed by atoms with Crippen molar-refractivity contribution in [3.05, 3.63) is 63.7 Å².